The van der Waals surface area contributed by atoms with Crippen LogP contribution in [0.15, 0.2) is 12.1 Å². The van der Waals surface area contributed by atoms with Crippen LogP contribution in [0.1, 0.15) is 34.3 Å². The van der Waals surface area contributed by atoms with E-state index in [1.54, 1.807) is 11.3 Å². The molecule has 2 nitrogen and oxygen atoms in total. The van der Waals surface area contributed by atoms with E-state index in [1.165, 1.54) is 4.88 Å². The maximum Gasteiger partial charge on any atom is 0.201 e. The average Bonchev–Trinajstić information content (AvgIpc) is 2.73. The summed E-state index contributed by atoms with van der Waals surface area (Å²) in [5.74, 6) is 0.160. The summed E-state index contributed by atoms with van der Waals surface area (Å²) < 4.78 is 5.54. The molecule has 2 rings (SSSR count). The minimum absolute atomic E-state index is 0.160. The molecule has 3 heteroatoms. The highest BCUT2D eigenvalue weighted by Crippen LogP contribution is 2.25. The van der Waals surface area contributed by atoms with Crippen LogP contribution >= 0.6 is 11.3 Å². The fraction of sp³-hybridized carbons (Fsp3) is 0.545. The first-order chi connectivity index (χ1) is 6.66. The molecule has 1 aromatic rings. The van der Waals surface area contributed by atoms with Gasteiger partial charge in [-0.2, -0.15) is 0 Å². The zero-order chi connectivity index (χ0) is 10.1. The Bertz CT molecular complexity index is 343. The molecule has 1 aliphatic heterocycles. The van der Waals surface area contributed by atoms with Crippen molar-refractivity contribution in [3.63, 3.8) is 0 Å². The van der Waals surface area contributed by atoms with Crippen molar-refractivity contribution >= 4 is 17.1 Å². The molecule has 0 saturated carbocycles. The topological polar surface area (TPSA) is 26.3 Å². The van der Waals surface area contributed by atoms with Gasteiger partial charge < -0.3 is 4.74 Å². The molecule has 0 aromatic carbocycles. The molecule has 1 fully saturated rings. The molecule has 76 valence electrons. The lowest BCUT2D eigenvalue weighted by Gasteiger charge is -2.07. The number of ether oxygens (including phenoxy) is 1. The summed E-state index contributed by atoms with van der Waals surface area (Å²) in [4.78, 5) is 13.9. The Kier molecular flexibility index (Phi) is 2.70. The zero-order valence-corrected chi connectivity index (χ0v) is 9.26. The number of ketones is 1. The van der Waals surface area contributed by atoms with Crippen LogP contribution in [0.4, 0.5) is 0 Å². The van der Waals surface area contributed by atoms with E-state index in [0.29, 0.717) is 0 Å². The van der Waals surface area contributed by atoms with Gasteiger partial charge in [0.15, 0.2) is 0 Å². The molecule has 0 radical (unpaired) electrons. The molecule has 0 N–H and O–H groups in total. The van der Waals surface area contributed by atoms with Crippen LogP contribution in [-0.2, 0) is 4.74 Å². The van der Waals surface area contributed by atoms with Gasteiger partial charge in [-0.25, -0.2) is 0 Å². The molecule has 1 aromatic heterocycles. The molecule has 0 aliphatic carbocycles. The number of thiophene rings is 1. The van der Waals surface area contributed by atoms with Crippen LogP contribution in [-0.4, -0.2) is 18.0 Å². The number of rotatable bonds is 2. The quantitative estimate of drug-likeness (QED) is 0.702. The summed E-state index contributed by atoms with van der Waals surface area (Å²) in [5, 5.41) is 0. The average molecular weight is 210 g/mol. The summed E-state index contributed by atoms with van der Waals surface area (Å²) in [6.45, 7) is 4.03. The van der Waals surface area contributed by atoms with Crippen LogP contribution in [0, 0.1) is 6.92 Å². The molecule has 2 unspecified atom stereocenters. The van der Waals surface area contributed by atoms with E-state index >= 15 is 0 Å². The van der Waals surface area contributed by atoms with Crippen molar-refractivity contribution in [2.75, 3.05) is 0 Å². The first kappa shape index (κ1) is 9.87. The molecule has 2 atom stereocenters. The lowest BCUT2D eigenvalue weighted by atomic mass is 10.1. The maximum atomic E-state index is 11.9. The monoisotopic (exact) mass is 210 g/mol. The number of carbonyl (C=O) groups excluding carboxylic acids is 1. The van der Waals surface area contributed by atoms with E-state index in [0.717, 1.165) is 17.7 Å². The molecular formula is C11H14O2S. The van der Waals surface area contributed by atoms with Gasteiger partial charge in [0.05, 0.1) is 11.0 Å². The summed E-state index contributed by atoms with van der Waals surface area (Å²) >= 11 is 1.55. The molecule has 0 amide bonds. The standard InChI is InChI=1S/C11H14O2S/c1-7-3-5-9(13-7)11(12)10-6-4-8(2)14-10/h4,6-7,9H,3,5H2,1-2H3. The largest absolute Gasteiger partial charge is 0.367 e. The van der Waals surface area contributed by atoms with Crippen molar-refractivity contribution in [1.82, 2.24) is 0 Å². The van der Waals surface area contributed by atoms with E-state index in [-0.39, 0.29) is 18.0 Å². The first-order valence-corrected chi connectivity index (χ1v) is 5.74. The van der Waals surface area contributed by atoms with Crippen molar-refractivity contribution in [3.05, 3.63) is 21.9 Å². The van der Waals surface area contributed by atoms with Gasteiger partial charge in [0.2, 0.25) is 5.78 Å². The third-order valence-corrected chi connectivity index (χ3v) is 3.52. The van der Waals surface area contributed by atoms with Gasteiger partial charge in [-0.15, -0.1) is 11.3 Å². The van der Waals surface area contributed by atoms with Crippen molar-refractivity contribution < 1.29 is 9.53 Å². The van der Waals surface area contributed by atoms with Gasteiger partial charge in [-0.3, -0.25) is 4.79 Å². The molecule has 14 heavy (non-hydrogen) atoms. The first-order valence-electron chi connectivity index (χ1n) is 4.93. The fourth-order valence-corrected chi connectivity index (χ4v) is 2.57. The van der Waals surface area contributed by atoms with Gasteiger partial charge in [-0.1, -0.05) is 0 Å². The van der Waals surface area contributed by atoms with Crippen molar-refractivity contribution in [2.45, 2.75) is 38.9 Å². The van der Waals surface area contributed by atoms with E-state index in [4.69, 9.17) is 4.74 Å². The zero-order valence-electron chi connectivity index (χ0n) is 8.45. The Hall–Kier alpha value is -0.670. The molecular weight excluding hydrogens is 196 g/mol. The van der Waals surface area contributed by atoms with Gasteiger partial charge in [-0.05, 0) is 38.8 Å². The Balaban J connectivity index is 2.09. The van der Waals surface area contributed by atoms with Crippen molar-refractivity contribution in [3.8, 4) is 0 Å². The lowest BCUT2D eigenvalue weighted by molar-refractivity contribution is 0.0437. The van der Waals surface area contributed by atoms with Crippen LogP contribution in [0.3, 0.4) is 0 Å². The number of aryl methyl sites for hydroxylation is 1. The minimum Gasteiger partial charge on any atom is -0.367 e. The summed E-state index contributed by atoms with van der Waals surface area (Å²) in [6, 6.07) is 3.88. The molecule has 2 heterocycles. The van der Waals surface area contributed by atoms with Crippen LogP contribution in [0.2, 0.25) is 0 Å². The Morgan fingerprint density at radius 1 is 1.50 bits per heavy atom. The Morgan fingerprint density at radius 3 is 2.79 bits per heavy atom. The summed E-state index contributed by atoms with van der Waals surface area (Å²) in [5.41, 5.74) is 0. The number of hydrogen-bond acceptors (Lipinski definition) is 3. The highest BCUT2D eigenvalue weighted by Gasteiger charge is 2.29. The fourth-order valence-electron chi connectivity index (χ4n) is 1.72. The molecule has 1 saturated heterocycles. The second-order valence-corrected chi connectivity index (χ2v) is 5.08. The maximum absolute atomic E-state index is 11.9. The van der Waals surface area contributed by atoms with E-state index in [9.17, 15) is 4.79 Å². The van der Waals surface area contributed by atoms with Crippen molar-refractivity contribution in [1.29, 1.82) is 0 Å². The van der Waals surface area contributed by atoms with Crippen molar-refractivity contribution in [2.24, 2.45) is 0 Å². The van der Waals surface area contributed by atoms with Gasteiger partial charge >= 0.3 is 0 Å². The Labute approximate surface area is 87.9 Å². The number of carbonyl (C=O) groups is 1. The predicted octanol–water partition coefficient (Wildman–Crippen LogP) is 2.81. The Morgan fingerprint density at radius 2 is 2.29 bits per heavy atom. The van der Waals surface area contributed by atoms with Crippen LogP contribution in [0.5, 0.6) is 0 Å². The highest BCUT2D eigenvalue weighted by molar-refractivity contribution is 7.14. The summed E-state index contributed by atoms with van der Waals surface area (Å²) in [7, 11) is 0. The third kappa shape index (κ3) is 1.88. The minimum atomic E-state index is -0.192. The summed E-state index contributed by atoms with van der Waals surface area (Å²) in [6.07, 6.45) is 1.92. The predicted molar refractivity (Wildman–Crippen MR) is 57.0 cm³/mol. The third-order valence-electron chi connectivity index (χ3n) is 2.51. The van der Waals surface area contributed by atoms with Crippen LogP contribution < -0.4 is 0 Å². The number of hydrogen-bond donors (Lipinski definition) is 0. The normalized spacial score (nSPS) is 26.7. The van der Waals surface area contributed by atoms with Gasteiger partial charge in [0.25, 0.3) is 0 Å². The number of Topliss-reactive ketones (excluding diaryl/α,β-unsaturated/α-hetero) is 1. The van der Waals surface area contributed by atoms with Crippen LogP contribution in [0.25, 0.3) is 0 Å². The second-order valence-electron chi connectivity index (χ2n) is 3.79. The molecule has 0 bridgehead atoms. The van der Waals surface area contributed by atoms with Gasteiger partial charge in [0.1, 0.15) is 6.10 Å². The van der Waals surface area contributed by atoms with Gasteiger partial charge in [0, 0.05) is 4.88 Å². The highest BCUT2D eigenvalue weighted by atomic mass is 32.1. The second kappa shape index (κ2) is 3.83. The van der Waals surface area contributed by atoms with E-state index in [1.807, 2.05) is 26.0 Å². The molecule has 0 spiro atoms. The molecule has 1 aliphatic rings. The lowest BCUT2D eigenvalue weighted by Crippen LogP contribution is -2.19. The smallest absolute Gasteiger partial charge is 0.201 e. The SMILES string of the molecule is Cc1ccc(C(=O)C2CCC(C)O2)s1. The van der Waals surface area contributed by atoms with E-state index in [2.05, 4.69) is 0 Å². The van der Waals surface area contributed by atoms with E-state index < -0.39 is 0 Å².